The van der Waals surface area contributed by atoms with Crippen molar-refractivity contribution >= 4 is 11.6 Å². The van der Waals surface area contributed by atoms with Crippen LogP contribution in [0.2, 0.25) is 5.02 Å². The number of aromatic nitrogens is 3. The molecule has 0 fully saturated rings. The molecular formula is C12H14ClN5. The first-order valence-electron chi connectivity index (χ1n) is 5.54. The zero-order valence-electron chi connectivity index (χ0n) is 9.97. The molecule has 0 aliphatic rings. The highest BCUT2D eigenvalue weighted by Crippen LogP contribution is 2.21. The van der Waals surface area contributed by atoms with Crippen molar-refractivity contribution in [1.29, 1.82) is 0 Å². The van der Waals surface area contributed by atoms with E-state index < -0.39 is 0 Å². The highest BCUT2D eigenvalue weighted by Gasteiger charge is 2.14. The average molecular weight is 264 g/mol. The number of hydrogen-bond acceptors (Lipinski definition) is 5. The Morgan fingerprint density at radius 3 is 2.89 bits per heavy atom. The first-order chi connectivity index (χ1) is 8.70. The average Bonchev–Trinajstić information content (AvgIpc) is 2.38. The maximum absolute atomic E-state index is 6.08. The maximum Gasteiger partial charge on any atom is 0.125 e. The van der Waals surface area contributed by atoms with Crippen LogP contribution < -0.4 is 11.3 Å². The van der Waals surface area contributed by atoms with Crippen LogP contribution in [0.1, 0.15) is 23.1 Å². The Morgan fingerprint density at radius 1 is 1.39 bits per heavy atom. The lowest BCUT2D eigenvalue weighted by Crippen LogP contribution is -2.30. The quantitative estimate of drug-likeness (QED) is 0.647. The zero-order chi connectivity index (χ0) is 13.0. The lowest BCUT2D eigenvalue weighted by atomic mass is 10.0. The Bertz CT molecular complexity index is 531. The number of aryl methyl sites for hydroxylation is 1. The molecule has 0 aliphatic carbocycles. The fourth-order valence-electron chi connectivity index (χ4n) is 1.71. The van der Waals surface area contributed by atoms with Gasteiger partial charge in [0.15, 0.2) is 0 Å². The largest absolute Gasteiger partial charge is 0.271 e. The summed E-state index contributed by atoms with van der Waals surface area (Å²) >= 11 is 6.08. The lowest BCUT2D eigenvalue weighted by Gasteiger charge is -2.16. The Morgan fingerprint density at radius 2 is 2.22 bits per heavy atom. The summed E-state index contributed by atoms with van der Waals surface area (Å²) in [5.74, 6) is 6.30. The molecule has 0 aliphatic heterocycles. The molecule has 0 saturated heterocycles. The molecule has 18 heavy (non-hydrogen) atoms. The van der Waals surface area contributed by atoms with Crippen molar-refractivity contribution in [3.63, 3.8) is 0 Å². The van der Waals surface area contributed by atoms with Gasteiger partial charge in [-0.25, -0.2) is 9.97 Å². The van der Waals surface area contributed by atoms with E-state index in [1.807, 2.05) is 19.1 Å². The lowest BCUT2D eigenvalue weighted by molar-refractivity contribution is 0.535. The van der Waals surface area contributed by atoms with Gasteiger partial charge in [0.2, 0.25) is 0 Å². The van der Waals surface area contributed by atoms with Crippen molar-refractivity contribution in [1.82, 2.24) is 20.4 Å². The van der Waals surface area contributed by atoms with Gasteiger partial charge >= 0.3 is 0 Å². The second-order valence-corrected chi connectivity index (χ2v) is 4.33. The third-order valence-corrected chi connectivity index (χ3v) is 2.98. The van der Waals surface area contributed by atoms with Gasteiger partial charge in [-0.05, 0) is 31.0 Å². The summed E-state index contributed by atoms with van der Waals surface area (Å²) < 4.78 is 0. The van der Waals surface area contributed by atoms with E-state index in [2.05, 4.69) is 20.4 Å². The van der Waals surface area contributed by atoms with Gasteiger partial charge in [0.1, 0.15) is 5.82 Å². The minimum Gasteiger partial charge on any atom is -0.271 e. The van der Waals surface area contributed by atoms with Crippen molar-refractivity contribution in [3.8, 4) is 0 Å². The fourth-order valence-corrected chi connectivity index (χ4v) is 1.90. The number of pyridine rings is 1. The van der Waals surface area contributed by atoms with Gasteiger partial charge in [-0.1, -0.05) is 11.6 Å². The molecule has 0 spiro atoms. The van der Waals surface area contributed by atoms with E-state index in [4.69, 9.17) is 17.4 Å². The highest BCUT2D eigenvalue weighted by molar-refractivity contribution is 6.31. The van der Waals surface area contributed by atoms with Gasteiger partial charge in [-0.15, -0.1) is 0 Å². The Hall–Kier alpha value is -1.56. The van der Waals surface area contributed by atoms with Gasteiger partial charge < -0.3 is 0 Å². The second kappa shape index (κ2) is 5.86. The van der Waals surface area contributed by atoms with Gasteiger partial charge in [0.05, 0.1) is 16.8 Å². The Balaban J connectivity index is 2.23. The van der Waals surface area contributed by atoms with E-state index in [-0.39, 0.29) is 6.04 Å². The van der Waals surface area contributed by atoms with Crippen molar-refractivity contribution in [3.05, 3.63) is 52.8 Å². The van der Waals surface area contributed by atoms with Crippen LogP contribution in [0.25, 0.3) is 0 Å². The maximum atomic E-state index is 6.08. The molecule has 0 amide bonds. The van der Waals surface area contributed by atoms with E-state index in [1.165, 1.54) is 0 Å². The summed E-state index contributed by atoms with van der Waals surface area (Å²) in [5.41, 5.74) is 4.57. The van der Waals surface area contributed by atoms with Crippen molar-refractivity contribution in [2.75, 3.05) is 0 Å². The molecule has 1 atom stereocenters. The number of hydrazine groups is 1. The van der Waals surface area contributed by atoms with E-state index >= 15 is 0 Å². The van der Waals surface area contributed by atoms with Gasteiger partial charge in [0.25, 0.3) is 0 Å². The van der Waals surface area contributed by atoms with Crippen molar-refractivity contribution in [2.45, 2.75) is 19.4 Å². The predicted molar refractivity (Wildman–Crippen MR) is 69.8 cm³/mol. The third-order valence-electron chi connectivity index (χ3n) is 2.64. The third kappa shape index (κ3) is 3.01. The van der Waals surface area contributed by atoms with Gasteiger partial charge in [-0.2, -0.15) is 0 Å². The van der Waals surface area contributed by atoms with Gasteiger partial charge in [0, 0.05) is 18.6 Å². The second-order valence-electron chi connectivity index (χ2n) is 3.92. The van der Waals surface area contributed by atoms with E-state index in [1.54, 1.807) is 18.6 Å². The molecular weight excluding hydrogens is 250 g/mol. The summed E-state index contributed by atoms with van der Waals surface area (Å²) in [4.78, 5) is 12.4. The smallest absolute Gasteiger partial charge is 0.125 e. The standard InChI is InChI=1S/C12H14ClN5/c1-8-16-5-3-11(17-8)12(18-14)6-9-2-4-15-7-10(9)13/h2-5,7,12,18H,6,14H2,1H3. The number of nitrogens with two attached hydrogens (primary N) is 1. The molecule has 0 bridgehead atoms. The van der Waals surface area contributed by atoms with Crippen LogP contribution in [-0.4, -0.2) is 15.0 Å². The first kappa shape index (κ1) is 12.9. The predicted octanol–water partition coefficient (Wildman–Crippen LogP) is 1.58. The van der Waals surface area contributed by atoms with Crippen molar-refractivity contribution < 1.29 is 0 Å². The number of nitrogens with one attached hydrogen (secondary N) is 1. The normalized spacial score (nSPS) is 12.4. The minimum absolute atomic E-state index is 0.105. The molecule has 5 nitrogen and oxygen atoms in total. The molecule has 2 heterocycles. The molecule has 0 saturated carbocycles. The SMILES string of the molecule is Cc1nccc(C(Cc2ccncc2Cl)NN)n1. The van der Waals surface area contributed by atoms with E-state index in [0.29, 0.717) is 17.3 Å². The van der Waals surface area contributed by atoms with Crippen LogP contribution in [0.15, 0.2) is 30.7 Å². The first-order valence-corrected chi connectivity index (χ1v) is 5.92. The zero-order valence-corrected chi connectivity index (χ0v) is 10.7. The number of rotatable bonds is 4. The van der Waals surface area contributed by atoms with Gasteiger partial charge in [-0.3, -0.25) is 16.3 Å². The summed E-state index contributed by atoms with van der Waals surface area (Å²) in [6.07, 6.45) is 5.69. The summed E-state index contributed by atoms with van der Waals surface area (Å²) in [5, 5.41) is 0.628. The molecule has 1 unspecified atom stereocenters. The molecule has 2 rings (SSSR count). The number of nitrogens with zero attached hydrogens (tertiary/aromatic N) is 3. The van der Waals surface area contributed by atoms with Crippen LogP contribution in [0.4, 0.5) is 0 Å². The Labute approximate surface area is 110 Å². The molecule has 0 aromatic carbocycles. The van der Waals surface area contributed by atoms with Crippen LogP contribution in [0.3, 0.4) is 0 Å². The summed E-state index contributed by atoms with van der Waals surface area (Å²) in [7, 11) is 0. The molecule has 0 radical (unpaired) electrons. The van der Waals surface area contributed by atoms with Crippen LogP contribution in [0.5, 0.6) is 0 Å². The molecule has 2 aromatic heterocycles. The van der Waals surface area contributed by atoms with Crippen LogP contribution in [-0.2, 0) is 6.42 Å². The molecule has 6 heteroatoms. The van der Waals surface area contributed by atoms with E-state index in [0.717, 1.165) is 11.3 Å². The van der Waals surface area contributed by atoms with Crippen LogP contribution >= 0.6 is 11.6 Å². The molecule has 94 valence electrons. The minimum atomic E-state index is -0.105. The number of halogens is 1. The fraction of sp³-hybridized carbons (Fsp3) is 0.250. The summed E-state index contributed by atoms with van der Waals surface area (Å²) in [6.45, 7) is 1.84. The van der Waals surface area contributed by atoms with Crippen molar-refractivity contribution in [2.24, 2.45) is 5.84 Å². The summed E-state index contributed by atoms with van der Waals surface area (Å²) in [6, 6.07) is 3.61. The van der Waals surface area contributed by atoms with E-state index in [9.17, 15) is 0 Å². The molecule has 2 aromatic rings. The highest BCUT2D eigenvalue weighted by atomic mass is 35.5. The van der Waals surface area contributed by atoms with Crippen LogP contribution in [0, 0.1) is 6.92 Å². The molecule has 3 N–H and O–H groups in total. The topological polar surface area (TPSA) is 76.7 Å². The monoisotopic (exact) mass is 263 g/mol. The Kier molecular flexibility index (Phi) is 4.19. The number of hydrogen-bond donors (Lipinski definition) is 2.